The van der Waals surface area contributed by atoms with Gasteiger partial charge in [0.2, 0.25) is 0 Å². The highest BCUT2D eigenvalue weighted by Crippen LogP contribution is 2.22. The summed E-state index contributed by atoms with van der Waals surface area (Å²) in [7, 11) is 3.14. The molecule has 0 aromatic carbocycles. The number of thiocarbonyl (C=S) groups is 1. The van der Waals surface area contributed by atoms with Crippen molar-refractivity contribution in [3.8, 4) is 0 Å². The first kappa shape index (κ1) is 12.9. The average molecular weight is 280 g/mol. The summed E-state index contributed by atoms with van der Waals surface area (Å²) in [4.78, 5) is 28.7. The molecule has 1 aliphatic heterocycles. The average Bonchev–Trinajstić information content (AvgIpc) is 2.75. The number of nitrogens with zero attached hydrogens (tertiary/aromatic N) is 2. The van der Waals surface area contributed by atoms with Gasteiger partial charge in [-0.2, -0.15) is 0 Å². The molecule has 2 rings (SSSR count). The summed E-state index contributed by atoms with van der Waals surface area (Å²) < 4.78 is 0. The van der Waals surface area contributed by atoms with E-state index in [-0.39, 0.29) is 22.5 Å². The van der Waals surface area contributed by atoms with Crippen LogP contribution in [0.2, 0.25) is 0 Å². The van der Waals surface area contributed by atoms with Crippen molar-refractivity contribution in [1.29, 1.82) is 0 Å². The Morgan fingerprint density at radius 2 is 1.72 bits per heavy atom. The van der Waals surface area contributed by atoms with Crippen molar-refractivity contribution in [2.75, 3.05) is 14.1 Å². The van der Waals surface area contributed by atoms with Crippen LogP contribution in [0, 0.1) is 6.92 Å². The summed E-state index contributed by atoms with van der Waals surface area (Å²) >= 11 is 6.55. The van der Waals surface area contributed by atoms with E-state index in [1.807, 2.05) is 19.1 Å². The summed E-state index contributed by atoms with van der Waals surface area (Å²) in [6.07, 6.45) is 1.62. The van der Waals surface area contributed by atoms with E-state index in [1.54, 1.807) is 20.2 Å². The molecule has 1 aromatic rings. The number of amides is 2. The molecule has 0 radical (unpaired) electrons. The van der Waals surface area contributed by atoms with Gasteiger partial charge in [0, 0.05) is 23.8 Å². The van der Waals surface area contributed by atoms with Crippen LogP contribution < -0.4 is 0 Å². The molecule has 18 heavy (non-hydrogen) atoms. The Kier molecular flexibility index (Phi) is 3.32. The summed E-state index contributed by atoms with van der Waals surface area (Å²) in [6, 6.07) is 3.84. The van der Waals surface area contributed by atoms with Crippen LogP contribution in [-0.2, 0) is 9.59 Å². The predicted octanol–water partition coefficient (Wildman–Crippen LogP) is 1.66. The number of rotatable bonds is 1. The first-order valence-corrected chi connectivity index (χ1v) is 6.52. The Balaban J connectivity index is 2.43. The molecular weight excluding hydrogens is 268 g/mol. The van der Waals surface area contributed by atoms with Crippen LogP contribution in [0.1, 0.15) is 9.75 Å². The third-order valence-corrected chi connectivity index (χ3v) is 4.19. The number of hydrogen-bond acceptors (Lipinski definition) is 4. The monoisotopic (exact) mass is 280 g/mol. The lowest BCUT2D eigenvalue weighted by Crippen LogP contribution is -2.52. The second-order valence-electron chi connectivity index (χ2n) is 4.02. The maximum Gasteiger partial charge on any atom is 0.265 e. The minimum Gasteiger partial charge on any atom is -0.288 e. The maximum atomic E-state index is 12.0. The van der Waals surface area contributed by atoms with Crippen LogP contribution in [-0.4, -0.2) is 40.8 Å². The van der Waals surface area contributed by atoms with Gasteiger partial charge in [-0.25, -0.2) is 0 Å². The van der Waals surface area contributed by atoms with E-state index >= 15 is 0 Å². The van der Waals surface area contributed by atoms with E-state index < -0.39 is 0 Å². The quantitative estimate of drug-likeness (QED) is 0.446. The van der Waals surface area contributed by atoms with Crippen LogP contribution in [0.15, 0.2) is 17.7 Å². The molecule has 4 nitrogen and oxygen atoms in total. The SMILES string of the molecule is Cc1ccc(C=C2C(=O)N(C)C(=S)N(C)C2=O)s1. The van der Waals surface area contributed by atoms with Gasteiger partial charge in [0.05, 0.1) is 0 Å². The fraction of sp³-hybridized carbons (Fsp3) is 0.250. The molecular formula is C12H12N2O2S2. The second-order valence-corrected chi connectivity index (χ2v) is 5.70. The van der Waals surface area contributed by atoms with Gasteiger partial charge >= 0.3 is 0 Å². The Morgan fingerprint density at radius 1 is 1.17 bits per heavy atom. The lowest BCUT2D eigenvalue weighted by atomic mass is 10.1. The summed E-state index contributed by atoms with van der Waals surface area (Å²) in [6.45, 7) is 1.98. The number of aryl methyl sites for hydroxylation is 1. The Morgan fingerprint density at radius 3 is 2.17 bits per heavy atom. The zero-order chi connectivity index (χ0) is 13.4. The molecule has 94 valence electrons. The van der Waals surface area contributed by atoms with Crippen molar-refractivity contribution in [3.63, 3.8) is 0 Å². The second kappa shape index (κ2) is 4.62. The van der Waals surface area contributed by atoms with Crippen molar-refractivity contribution in [1.82, 2.24) is 9.80 Å². The zero-order valence-electron chi connectivity index (χ0n) is 10.3. The molecule has 1 aliphatic rings. The fourth-order valence-electron chi connectivity index (χ4n) is 1.65. The van der Waals surface area contributed by atoms with Crippen molar-refractivity contribution in [2.24, 2.45) is 0 Å². The number of thiophene rings is 1. The van der Waals surface area contributed by atoms with Crippen molar-refractivity contribution >= 4 is 46.6 Å². The van der Waals surface area contributed by atoms with Crippen LogP contribution in [0.5, 0.6) is 0 Å². The highest BCUT2D eigenvalue weighted by atomic mass is 32.1. The van der Waals surface area contributed by atoms with Crippen molar-refractivity contribution in [3.05, 3.63) is 27.5 Å². The van der Waals surface area contributed by atoms with E-state index in [0.717, 1.165) is 9.75 Å². The summed E-state index contributed by atoms with van der Waals surface area (Å²) in [5.41, 5.74) is 0.149. The Labute approximate surface area is 114 Å². The molecule has 2 amide bonds. The third-order valence-electron chi connectivity index (χ3n) is 2.69. The smallest absolute Gasteiger partial charge is 0.265 e. The Bertz CT molecular complexity index is 548. The molecule has 0 atom stereocenters. The van der Waals surface area contributed by atoms with Crippen LogP contribution in [0.25, 0.3) is 6.08 Å². The molecule has 0 N–H and O–H groups in total. The maximum absolute atomic E-state index is 12.0. The number of carbonyl (C=O) groups is 2. The standard InChI is InChI=1S/C12H12N2O2S2/c1-7-4-5-8(18-7)6-9-10(15)13(2)12(17)14(3)11(9)16/h4-6H,1-3H3. The predicted molar refractivity (Wildman–Crippen MR) is 75.2 cm³/mol. The van der Waals surface area contributed by atoms with Gasteiger partial charge in [0.25, 0.3) is 11.8 Å². The minimum absolute atomic E-state index is 0.149. The Hall–Kier alpha value is -1.53. The first-order chi connectivity index (χ1) is 8.41. The first-order valence-electron chi connectivity index (χ1n) is 5.30. The molecule has 1 fully saturated rings. The summed E-state index contributed by atoms with van der Waals surface area (Å²) in [5.74, 6) is -0.705. The number of carbonyl (C=O) groups excluding carboxylic acids is 2. The molecule has 0 spiro atoms. The van der Waals surface area contributed by atoms with E-state index in [9.17, 15) is 9.59 Å². The molecule has 0 unspecified atom stereocenters. The molecule has 1 aromatic heterocycles. The van der Waals surface area contributed by atoms with Crippen molar-refractivity contribution in [2.45, 2.75) is 6.92 Å². The molecule has 0 bridgehead atoms. The van der Waals surface area contributed by atoms with Crippen LogP contribution >= 0.6 is 23.6 Å². The zero-order valence-corrected chi connectivity index (χ0v) is 11.9. The van der Waals surface area contributed by atoms with Crippen molar-refractivity contribution < 1.29 is 9.59 Å². The fourth-order valence-corrected chi connectivity index (χ4v) is 2.63. The van der Waals surface area contributed by atoms with Crippen LogP contribution in [0.3, 0.4) is 0 Å². The van der Waals surface area contributed by atoms with E-state index in [4.69, 9.17) is 12.2 Å². The van der Waals surface area contributed by atoms with Gasteiger partial charge in [-0.3, -0.25) is 19.4 Å². The molecule has 0 saturated carbocycles. The normalized spacial score (nSPS) is 16.6. The van der Waals surface area contributed by atoms with Gasteiger partial charge in [0.1, 0.15) is 5.57 Å². The molecule has 1 saturated heterocycles. The third kappa shape index (κ3) is 2.09. The van der Waals surface area contributed by atoms with E-state index in [2.05, 4.69) is 0 Å². The van der Waals surface area contributed by atoms with Gasteiger partial charge < -0.3 is 0 Å². The lowest BCUT2D eigenvalue weighted by molar-refractivity contribution is -0.132. The van der Waals surface area contributed by atoms with Gasteiger partial charge in [-0.15, -0.1) is 11.3 Å². The lowest BCUT2D eigenvalue weighted by Gasteiger charge is -2.31. The van der Waals surface area contributed by atoms with Gasteiger partial charge in [0.15, 0.2) is 5.11 Å². The van der Waals surface area contributed by atoms with E-state index in [1.165, 1.54) is 21.1 Å². The topological polar surface area (TPSA) is 40.6 Å². The molecule has 6 heteroatoms. The largest absolute Gasteiger partial charge is 0.288 e. The number of hydrogen-bond donors (Lipinski definition) is 0. The molecule has 0 aliphatic carbocycles. The summed E-state index contributed by atoms with van der Waals surface area (Å²) in [5, 5.41) is 0.226. The highest BCUT2D eigenvalue weighted by Gasteiger charge is 2.35. The van der Waals surface area contributed by atoms with Crippen LogP contribution in [0.4, 0.5) is 0 Å². The molecule has 2 heterocycles. The van der Waals surface area contributed by atoms with Gasteiger partial charge in [-0.05, 0) is 37.4 Å². The number of likely N-dealkylation sites (N-methyl/N-ethyl adjacent to an activating group) is 2. The minimum atomic E-state index is -0.353. The van der Waals surface area contributed by atoms with E-state index in [0.29, 0.717) is 0 Å². The highest BCUT2D eigenvalue weighted by molar-refractivity contribution is 7.80. The van der Waals surface area contributed by atoms with Gasteiger partial charge in [-0.1, -0.05) is 0 Å².